The van der Waals surface area contributed by atoms with Crippen molar-refractivity contribution in [1.82, 2.24) is 5.32 Å². The van der Waals surface area contributed by atoms with Crippen molar-refractivity contribution >= 4 is 0 Å². The van der Waals surface area contributed by atoms with Crippen molar-refractivity contribution in [3.05, 3.63) is 35.1 Å². The molecule has 3 heteroatoms. The fourth-order valence-electron chi connectivity index (χ4n) is 3.71. The maximum Gasteiger partial charge on any atom is 0.126 e. The lowest BCUT2D eigenvalue weighted by Gasteiger charge is -2.30. The predicted molar refractivity (Wildman–Crippen MR) is 78.2 cm³/mol. The molecular formula is C17H24FNO. The van der Waals surface area contributed by atoms with Gasteiger partial charge in [0.2, 0.25) is 0 Å². The Kier molecular flexibility index (Phi) is 4.08. The van der Waals surface area contributed by atoms with Crippen molar-refractivity contribution in [2.75, 3.05) is 6.54 Å². The zero-order valence-electron chi connectivity index (χ0n) is 12.4. The van der Waals surface area contributed by atoms with E-state index in [1.54, 1.807) is 6.07 Å². The van der Waals surface area contributed by atoms with E-state index < -0.39 is 0 Å². The van der Waals surface area contributed by atoms with E-state index in [4.69, 9.17) is 4.74 Å². The summed E-state index contributed by atoms with van der Waals surface area (Å²) in [5.41, 5.74) is 1.94. The molecule has 0 aromatic heterocycles. The molecule has 0 aliphatic carbocycles. The molecular weight excluding hydrogens is 253 g/mol. The van der Waals surface area contributed by atoms with Crippen molar-refractivity contribution in [3.63, 3.8) is 0 Å². The second kappa shape index (κ2) is 5.82. The van der Waals surface area contributed by atoms with Gasteiger partial charge in [-0.3, -0.25) is 0 Å². The normalized spacial score (nSPS) is 29.9. The first kappa shape index (κ1) is 14.0. The first-order valence-corrected chi connectivity index (χ1v) is 7.84. The summed E-state index contributed by atoms with van der Waals surface area (Å²) in [7, 11) is 0. The highest BCUT2D eigenvalue weighted by Gasteiger charge is 2.44. The van der Waals surface area contributed by atoms with Gasteiger partial charge in [0, 0.05) is 12.0 Å². The van der Waals surface area contributed by atoms with E-state index in [0.29, 0.717) is 24.2 Å². The molecule has 2 fully saturated rings. The fourth-order valence-corrected chi connectivity index (χ4v) is 3.71. The van der Waals surface area contributed by atoms with Crippen LogP contribution < -0.4 is 5.32 Å². The first-order chi connectivity index (χ1) is 9.69. The van der Waals surface area contributed by atoms with Gasteiger partial charge < -0.3 is 10.1 Å². The Labute approximate surface area is 120 Å². The zero-order valence-corrected chi connectivity index (χ0v) is 12.4. The molecule has 4 atom stereocenters. The van der Waals surface area contributed by atoms with Crippen LogP contribution in [0.1, 0.15) is 49.8 Å². The minimum Gasteiger partial charge on any atom is -0.375 e. The monoisotopic (exact) mass is 277 g/mol. The number of ether oxygens (including phenoxy) is 1. The van der Waals surface area contributed by atoms with Gasteiger partial charge in [-0.15, -0.1) is 0 Å². The lowest BCUT2D eigenvalue weighted by molar-refractivity contribution is 0.0856. The van der Waals surface area contributed by atoms with Crippen molar-refractivity contribution in [1.29, 1.82) is 0 Å². The van der Waals surface area contributed by atoms with Crippen molar-refractivity contribution < 1.29 is 9.13 Å². The summed E-state index contributed by atoms with van der Waals surface area (Å²) >= 11 is 0. The van der Waals surface area contributed by atoms with Gasteiger partial charge in [-0.05, 0) is 56.3 Å². The number of nitrogens with one attached hydrogen (secondary N) is 1. The molecule has 2 bridgehead atoms. The SMILES string of the molecule is CCCNC(c1ccc(F)c(C)c1)C1CC2CCC1O2. The molecule has 4 unspecified atom stereocenters. The van der Waals surface area contributed by atoms with E-state index in [-0.39, 0.29) is 5.82 Å². The van der Waals surface area contributed by atoms with Crippen LogP contribution in [0, 0.1) is 18.7 Å². The fraction of sp³-hybridized carbons (Fsp3) is 0.647. The van der Waals surface area contributed by atoms with Gasteiger partial charge in [0.25, 0.3) is 0 Å². The number of hydrogen-bond donors (Lipinski definition) is 1. The topological polar surface area (TPSA) is 21.3 Å². The van der Waals surface area contributed by atoms with Gasteiger partial charge in [0.1, 0.15) is 5.82 Å². The van der Waals surface area contributed by atoms with Gasteiger partial charge in [-0.25, -0.2) is 4.39 Å². The molecule has 2 aliphatic heterocycles. The third-order valence-electron chi connectivity index (χ3n) is 4.74. The molecule has 0 radical (unpaired) electrons. The average molecular weight is 277 g/mol. The molecule has 2 aliphatic rings. The van der Waals surface area contributed by atoms with E-state index in [0.717, 1.165) is 24.9 Å². The van der Waals surface area contributed by atoms with Crippen molar-refractivity contribution in [2.24, 2.45) is 5.92 Å². The Morgan fingerprint density at radius 3 is 2.85 bits per heavy atom. The lowest BCUT2D eigenvalue weighted by Crippen LogP contribution is -2.34. The Bertz CT molecular complexity index is 476. The van der Waals surface area contributed by atoms with Crippen molar-refractivity contribution in [3.8, 4) is 0 Å². The third-order valence-corrected chi connectivity index (χ3v) is 4.74. The highest BCUT2D eigenvalue weighted by molar-refractivity contribution is 5.27. The van der Waals surface area contributed by atoms with E-state index >= 15 is 0 Å². The van der Waals surface area contributed by atoms with Crippen LogP contribution in [0.25, 0.3) is 0 Å². The number of benzene rings is 1. The van der Waals surface area contributed by atoms with Crippen molar-refractivity contribution in [2.45, 2.75) is 57.8 Å². The summed E-state index contributed by atoms with van der Waals surface area (Å²) in [4.78, 5) is 0. The number of fused-ring (bicyclic) bond motifs is 2. The second-order valence-electron chi connectivity index (χ2n) is 6.21. The minimum atomic E-state index is -0.118. The Morgan fingerprint density at radius 1 is 1.40 bits per heavy atom. The van der Waals surface area contributed by atoms with Crippen LogP contribution in [0.4, 0.5) is 4.39 Å². The molecule has 0 amide bonds. The van der Waals surface area contributed by atoms with Crippen LogP contribution in [0.2, 0.25) is 0 Å². The molecule has 2 heterocycles. The summed E-state index contributed by atoms with van der Waals surface area (Å²) in [6.45, 7) is 5.01. The van der Waals surface area contributed by atoms with Gasteiger partial charge in [0.05, 0.1) is 12.2 Å². The van der Waals surface area contributed by atoms with E-state index in [9.17, 15) is 4.39 Å². The maximum absolute atomic E-state index is 13.5. The molecule has 1 N–H and O–H groups in total. The summed E-state index contributed by atoms with van der Waals surface area (Å²) in [6, 6.07) is 5.82. The van der Waals surface area contributed by atoms with Crippen LogP contribution in [0.5, 0.6) is 0 Å². The number of hydrogen-bond acceptors (Lipinski definition) is 2. The molecule has 20 heavy (non-hydrogen) atoms. The largest absolute Gasteiger partial charge is 0.375 e. The van der Waals surface area contributed by atoms with Gasteiger partial charge in [-0.1, -0.05) is 19.1 Å². The molecule has 2 saturated heterocycles. The van der Waals surface area contributed by atoms with Gasteiger partial charge >= 0.3 is 0 Å². The summed E-state index contributed by atoms with van der Waals surface area (Å²) < 4.78 is 19.5. The van der Waals surface area contributed by atoms with Crippen LogP contribution >= 0.6 is 0 Å². The average Bonchev–Trinajstić information content (AvgIpc) is 3.06. The maximum atomic E-state index is 13.5. The quantitative estimate of drug-likeness (QED) is 0.885. The predicted octanol–water partition coefficient (Wildman–Crippen LogP) is 3.74. The van der Waals surface area contributed by atoms with Crippen LogP contribution in [-0.2, 0) is 4.74 Å². The second-order valence-corrected chi connectivity index (χ2v) is 6.21. The summed E-state index contributed by atoms with van der Waals surface area (Å²) in [5.74, 6) is 0.414. The number of halogens is 1. The van der Waals surface area contributed by atoms with E-state index in [1.807, 2.05) is 19.1 Å². The highest BCUT2D eigenvalue weighted by Crippen LogP contribution is 2.44. The smallest absolute Gasteiger partial charge is 0.126 e. The van der Waals surface area contributed by atoms with E-state index in [2.05, 4.69) is 12.2 Å². The van der Waals surface area contributed by atoms with Crippen LogP contribution in [-0.4, -0.2) is 18.8 Å². The molecule has 3 rings (SSSR count). The molecule has 1 aromatic rings. The molecule has 1 aromatic carbocycles. The molecule has 0 saturated carbocycles. The third kappa shape index (κ3) is 2.61. The lowest BCUT2D eigenvalue weighted by atomic mass is 9.80. The van der Waals surface area contributed by atoms with Gasteiger partial charge in [0.15, 0.2) is 0 Å². The highest BCUT2D eigenvalue weighted by atomic mass is 19.1. The number of rotatable bonds is 5. The Hall–Kier alpha value is -0.930. The Morgan fingerprint density at radius 2 is 2.25 bits per heavy atom. The van der Waals surface area contributed by atoms with Gasteiger partial charge in [-0.2, -0.15) is 0 Å². The Balaban J connectivity index is 1.83. The van der Waals surface area contributed by atoms with Crippen LogP contribution in [0.3, 0.4) is 0 Å². The molecule has 110 valence electrons. The van der Waals surface area contributed by atoms with E-state index in [1.165, 1.54) is 18.4 Å². The summed E-state index contributed by atoms with van der Waals surface area (Å²) in [6.07, 6.45) is 5.49. The minimum absolute atomic E-state index is 0.118. The summed E-state index contributed by atoms with van der Waals surface area (Å²) in [5, 5.41) is 3.66. The molecule has 2 nitrogen and oxygen atoms in total. The standard InChI is InChI=1S/C17H24FNO/c1-3-8-19-17(12-4-6-15(18)11(2)9-12)14-10-13-5-7-16(14)20-13/h4,6,9,13-14,16-17,19H,3,5,7-8,10H2,1-2H3. The van der Waals surface area contributed by atoms with Crippen LogP contribution in [0.15, 0.2) is 18.2 Å². The molecule has 0 spiro atoms. The number of aryl methyl sites for hydroxylation is 1. The first-order valence-electron chi connectivity index (χ1n) is 7.84. The zero-order chi connectivity index (χ0) is 14.1.